The van der Waals surface area contributed by atoms with Crippen LogP contribution in [0, 0.1) is 5.92 Å². The molecule has 2 heterocycles. The van der Waals surface area contributed by atoms with Crippen LogP contribution in [-0.4, -0.2) is 22.1 Å². The van der Waals surface area contributed by atoms with E-state index in [9.17, 15) is 0 Å². The Morgan fingerprint density at radius 1 is 1.64 bits per heavy atom. The fourth-order valence-electron chi connectivity index (χ4n) is 3.63. The lowest BCUT2D eigenvalue weighted by molar-refractivity contribution is 0.0761. The molecule has 0 amide bonds. The van der Waals surface area contributed by atoms with E-state index in [2.05, 4.69) is 31.2 Å². The standard InChI is InChI=1S/C9H16N2/c1-4-9-7-5-6(2)10-11(9)8(7,9)3/h6-7,10H,4-5H2,1-3H3. The monoisotopic (exact) mass is 152 g/mol. The highest BCUT2D eigenvalue weighted by atomic mass is 15.8. The number of fused-ring (bicyclic) bond motifs is 2. The molecule has 62 valence electrons. The van der Waals surface area contributed by atoms with Crippen LogP contribution in [0.5, 0.6) is 0 Å². The minimum absolute atomic E-state index is 0.578. The van der Waals surface area contributed by atoms with Gasteiger partial charge in [-0.3, -0.25) is 5.43 Å². The molecular weight excluding hydrogens is 136 g/mol. The Morgan fingerprint density at radius 2 is 2.36 bits per heavy atom. The summed E-state index contributed by atoms with van der Waals surface area (Å²) in [6.07, 6.45) is 2.72. The van der Waals surface area contributed by atoms with Crippen molar-refractivity contribution in [3.63, 3.8) is 0 Å². The lowest BCUT2D eigenvalue weighted by Crippen LogP contribution is -2.51. The first-order valence-electron chi connectivity index (χ1n) is 4.74. The number of rotatable bonds is 1. The molecule has 1 saturated carbocycles. The van der Waals surface area contributed by atoms with Gasteiger partial charge in [-0.1, -0.05) is 6.92 Å². The summed E-state index contributed by atoms with van der Waals surface area (Å²) in [4.78, 5) is 0. The predicted octanol–water partition coefficient (Wildman–Crippen LogP) is 1.14. The van der Waals surface area contributed by atoms with Gasteiger partial charge < -0.3 is 0 Å². The maximum absolute atomic E-state index is 3.55. The Hall–Kier alpha value is -0.0800. The SMILES string of the molecule is CCC12C3CC(C)NN1C32C. The molecule has 0 spiro atoms. The molecule has 2 nitrogen and oxygen atoms in total. The Morgan fingerprint density at radius 3 is 2.73 bits per heavy atom. The molecule has 2 aliphatic heterocycles. The number of hydrogen-bond acceptors (Lipinski definition) is 2. The van der Waals surface area contributed by atoms with Crippen LogP contribution in [0.3, 0.4) is 0 Å². The summed E-state index contributed by atoms with van der Waals surface area (Å²) in [5.74, 6) is 1.01. The predicted molar refractivity (Wildman–Crippen MR) is 44.0 cm³/mol. The summed E-state index contributed by atoms with van der Waals surface area (Å²) >= 11 is 0. The molecule has 2 heteroatoms. The van der Waals surface area contributed by atoms with Gasteiger partial charge >= 0.3 is 0 Å². The maximum atomic E-state index is 3.55. The summed E-state index contributed by atoms with van der Waals surface area (Å²) in [6.45, 7) is 7.00. The van der Waals surface area contributed by atoms with Crippen molar-refractivity contribution in [2.75, 3.05) is 0 Å². The molecule has 0 aromatic carbocycles. The van der Waals surface area contributed by atoms with Crippen molar-refractivity contribution in [1.29, 1.82) is 0 Å². The van der Waals surface area contributed by atoms with Crippen LogP contribution in [0.25, 0.3) is 0 Å². The highest BCUT2D eigenvalue weighted by molar-refractivity contribution is 5.48. The molecule has 11 heavy (non-hydrogen) atoms. The lowest BCUT2D eigenvalue weighted by atomic mass is 10.0. The van der Waals surface area contributed by atoms with E-state index in [0.717, 1.165) is 12.0 Å². The van der Waals surface area contributed by atoms with Crippen LogP contribution in [0.15, 0.2) is 0 Å². The normalized spacial score (nSPS) is 70.6. The van der Waals surface area contributed by atoms with E-state index < -0.39 is 0 Å². The van der Waals surface area contributed by atoms with Crippen molar-refractivity contribution in [1.82, 2.24) is 10.4 Å². The van der Waals surface area contributed by atoms with Crippen LogP contribution in [0.1, 0.15) is 33.6 Å². The van der Waals surface area contributed by atoms with Gasteiger partial charge in [0.2, 0.25) is 0 Å². The van der Waals surface area contributed by atoms with Gasteiger partial charge in [-0.25, -0.2) is 5.01 Å². The molecule has 5 atom stereocenters. The van der Waals surface area contributed by atoms with Gasteiger partial charge in [0, 0.05) is 12.0 Å². The molecule has 5 unspecified atom stereocenters. The highest BCUT2D eigenvalue weighted by Crippen LogP contribution is 2.81. The van der Waals surface area contributed by atoms with Crippen molar-refractivity contribution in [2.45, 2.75) is 50.7 Å². The molecule has 1 aliphatic carbocycles. The zero-order valence-electron chi connectivity index (χ0n) is 7.52. The Kier molecular flexibility index (Phi) is 0.807. The molecule has 0 radical (unpaired) electrons. The van der Waals surface area contributed by atoms with Gasteiger partial charge in [0.05, 0.1) is 11.1 Å². The minimum atomic E-state index is 0.578. The molecule has 3 rings (SSSR count). The van der Waals surface area contributed by atoms with E-state index in [1.54, 1.807) is 0 Å². The molecular formula is C9H16N2. The van der Waals surface area contributed by atoms with Crippen LogP contribution in [-0.2, 0) is 0 Å². The third-order valence-corrected chi connectivity index (χ3v) is 4.34. The molecule has 0 aromatic rings. The Bertz CT molecular complexity index is 210. The lowest BCUT2D eigenvalue weighted by Gasteiger charge is -2.35. The second-order valence-electron chi connectivity index (χ2n) is 4.58. The fourth-order valence-corrected chi connectivity index (χ4v) is 3.63. The Balaban J connectivity index is 1.89. The van der Waals surface area contributed by atoms with Gasteiger partial charge in [-0.15, -0.1) is 0 Å². The Labute approximate surface area is 67.9 Å². The average molecular weight is 152 g/mol. The van der Waals surface area contributed by atoms with Crippen molar-refractivity contribution < 1.29 is 0 Å². The summed E-state index contributed by atoms with van der Waals surface area (Å²) in [6, 6.07) is 0.718. The maximum Gasteiger partial charge on any atom is 0.0604 e. The van der Waals surface area contributed by atoms with Crippen molar-refractivity contribution in [2.24, 2.45) is 5.92 Å². The summed E-state index contributed by atoms with van der Waals surface area (Å²) in [7, 11) is 0. The first-order chi connectivity index (χ1) is 5.18. The quantitative estimate of drug-likeness (QED) is 0.567. The first-order valence-corrected chi connectivity index (χ1v) is 4.74. The number of nitrogens with zero attached hydrogens (tertiary/aromatic N) is 1. The van der Waals surface area contributed by atoms with Gasteiger partial charge in [0.25, 0.3) is 0 Å². The van der Waals surface area contributed by atoms with E-state index >= 15 is 0 Å². The van der Waals surface area contributed by atoms with E-state index in [0.29, 0.717) is 11.1 Å². The molecule has 2 saturated heterocycles. The number of nitrogens with one attached hydrogen (secondary N) is 1. The fraction of sp³-hybridized carbons (Fsp3) is 1.00. The molecule has 0 bridgehead atoms. The topological polar surface area (TPSA) is 15.0 Å². The van der Waals surface area contributed by atoms with Crippen LogP contribution < -0.4 is 5.43 Å². The van der Waals surface area contributed by atoms with Crippen molar-refractivity contribution in [3.05, 3.63) is 0 Å². The third-order valence-electron chi connectivity index (χ3n) is 4.34. The molecule has 1 N–H and O–H groups in total. The smallest absolute Gasteiger partial charge is 0.0604 e. The number of hydrogen-bond donors (Lipinski definition) is 1. The highest BCUT2D eigenvalue weighted by Gasteiger charge is 2.95. The third kappa shape index (κ3) is 0.390. The largest absolute Gasteiger partial charge is 0.251 e. The molecule has 0 aromatic heterocycles. The van der Waals surface area contributed by atoms with Crippen molar-refractivity contribution >= 4 is 0 Å². The van der Waals surface area contributed by atoms with Crippen LogP contribution >= 0.6 is 0 Å². The van der Waals surface area contributed by atoms with Gasteiger partial charge in [-0.2, -0.15) is 0 Å². The van der Waals surface area contributed by atoms with Gasteiger partial charge in [0.1, 0.15) is 0 Å². The van der Waals surface area contributed by atoms with Crippen molar-refractivity contribution in [3.8, 4) is 0 Å². The molecule has 3 aliphatic rings. The van der Waals surface area contributed by atoms with E-state index in [-0.39, 0.29) is 0 Å². The molecule has 3 fully saturated rings. The van der Waals surface area contributed by atoms with E-state index in [1.165, 1.54) is 12.8 Å². The van der Waals surface area contributed by atoms with Crippen LogP contribution in [0.4, 0.5) is 0 Å². The second kappa shape index (κ2) is 1.38. The average Bonchev–Trinajstić information content (AvgIpc) is 2.74. The minimum Gasteiger partial charge on any atom is -0.251 e. The van der Waals surface area contributed by atoms with Crippen LogP contribution in [0.2, 0.25) is 0 Å². The second-order valence-corrected chi connectivity index (χ2v) is 4.58. The van der Waals surface area contributed by atoms with E-state index in [4.69, 9.17) is 0 Å². The van der Waals surface area contributed by atoms with Gasteiger partial charge in [0.15, 0.2) is 0 Å². The number of hydrazine groups is 1. The first kappa shape index (κ1) is 6.44. The van der Waals surface area contributed by atoms with E-state index in [1.807, 2.05) is 0 Å². The summed E-state index contributed by atoms with van der Waals surface area (Å²) in [5, 5.41) is 2.48. The zero-order valence-corrected chi connectivity index (χ0v) is 7.52. The summed E-state index contributed by atoms with van der Waals surface area (Å²) < 4.78 is 0. The summed E-state index contributed by atoms with van der Waals surface area (Å²) in [5.41, 5.74) is 4.74. The van der Waals surface area contributed by atoms with Gasteiger partial charge in [-0.05, 0) is 26.7 Å². The zero-order chi connectivity index (χ0) is 7.85.